The van der Waals surface area contributed by atoms with Crippen LogP contribution in [0.25, 0.3) is 0 Å². The van der Waals surface area contributed by atoms with E-state index in [4.69, 9.17) is 21.1 Å². The highest BCUT2D eigenvalue weighted by molar-refractivity contribution is 6.18. The lowest BCUT2D eigenvalue weighted by molar-refractivity contribution is -0.141. The van der Waals surface area contributed by atoms with Crippen molar-refractivity contribution in [3.05, 3.63) is 12.2 Å². The van der Waals surface area contributed by atoms with Crippen LogP contribution >= 0.6 is 11.6 Å². The molecule has 1 aliphatic rings. The first-order chi connectivity index (χ1) is 4.33. The molecule has 1 saturated heterocycles. The monoisotopic (exact) mass is 148 g/mol. The fourth-order valence-corrected chi connectivity index (χ4v) is 0.779. The van der Waals surface area contributed by atoms with Crippen molar-refractivity contribution in [2.75, 3.05) is 19.1 Å². The minimum atomic E-state index is -0.225. The van der Waals surface area contributed by atoms with E-state index >= 15 is 0 Å². The van der Waals surface area contributed by atoms with Gasteiger partial charge in [0.1, 0.15) is 0 Å². The Balaban J connectivity index is 2.26. The lowest BCUT2D eigenvalue weighted by atomic mass is 10.3. The van der Waals surface area contributed by atoms with Crippen LogP contribution < -0.4 is 0 Å². The predicted octanol–water partition coefficient (Wildman–Crippen LogP) is 1.15. The Labute approximate surface area is 59.4 Å². The van der Waals surface area contributed by atoms with Gasteiger partial charge in [0.15, 0.2) is 6.29 Å². The fraction of sp³-hybridized carbons (Fsp3) is 0.667. The number of halogens is 1. The van der Waals surface area contributed by atoms with E-state index in [0.717, 1.165) is 5.57 Å². The Bertz CT molecular complexity index is 104. The average molecular weight is 149 g/mol. The Kier molecular flexibility index (Phi) is 2.51. The van der Waals surface area contributed by atoms with Gasteiger partial charge in [0.2, 0.25) is 0 Å². The van der Waals surface area contributed by atoms with Crippen LogP contribution in [0, 0.1) is 0 Å². The zero-order valence-corrected chi connectivity index (χ0v) is 5.86. The molecule has 1 aliphatic heterocycles. The average Bonchev–Trinajstić information content (AvgIpc) is 1.90. The molecule has 9 heavy (non-hydrogen) atoms. The third-order valence-electron chi connectivity index (χ3n) is 1.07. The molecule has 1 heterocycles. The number of ether oxygens (including phenoxy) is 2. The van der Waals surface area contributed by atoms with E-state index in [1.807, 2.05) is 0 Å². The minimum Gasteiger partial charge on any atom is -0.347 e. The number of hydrogen-bond acceptors (Lipinski definition) is 2. The van der Waals surface area contributed by atoms with E-state index in [1.54, 1.807) is 0 Å². The molecule has 0 N–H and O–H groups in total. The van der Waals surface area contributed by atoms with Gasteiger partial charge in [-0.2, -0.15) is 0 Å². The van der Waals surface area contributed by atoms with E-state index in [-0.39, 0.29) is 6.29 Å². The van der Waals surface area contributed by atoms with Crippen molar-refractivity contribution in [2.45, 2.75) is 6.29 Å². The molecule has 0 bridgehead atoms. The summed E-state index contributed by atoms with van der Waals surface area (Å²) in [6.45, 7) is 4.85. The second kappa shape index (κ2) is 3.20. The van der Waals surface area contributed by atoms with Crippen molar-refractivity contribution < 1.29 is 9.47 Å². The molecular formula is C6H9ClO2. The largest absolute Gasteiger partial charge is 0.347 e. The molecule has 0 radical (unpaired) electrons. The van der Waals surface area contributed by atoms with Crippen molar-refractivity contribution in [3.63, 3.8) is 0 Å². The van der Waals surface area contributed by atoms with Crippen LogP contribution in [0.4, 0.5) is 0 Å². The quantitative estimate of drug-likeness (QED) is 0.410. The van der Waals surface area contributed by atoms with Gasteiger partial charge >= 0.3 is 0 Å². The highest BCUT2D eigenvalue weighted by atomic mass is 35.5. The van der Waals surface area contributed by atoms with Gasteiger partial charge in [-0.3, -0.25) is 0 Å². The summed E-state index contributed by atoms with van der Waals surface area (Å²) < 4.78 is 10.2. The van der Waals surface area contributed by atoms with Gasteiger partial charge in [0.05, 0.1) is 19.1 Å². The van der Waals surface area contributed by atoms with Gasteiger partial charge in [-0.25, -0.2) is 0 Å². The molecule has 0 saturated carbocycles. The van der Waals surface area contributed by atoms with Gasteiger partial charge in [-0.1, -0.05) is 6.58 Å². The molecule has 0 spiro atoms. The minimum absolute atomic E-state index is 0.225. The Morgan fingerprint density at radius 1 is 1.56 bits per heavy atom. The molecule has 52 valence electrons. The van der Waals surface area contributed by atoms with E-state index < -0.39 is 0 Å². The SMILES string of the molecule is C=C1COC(CCl)OC1. The highest BCUT2D eigenvalue weighted by Gasteiger charge is 2.13. The molecule has 1 fully saturated rings. The molecule has 0 aliphatic carbocycles. The zero-order chi connectivity index (χ0) is 6.69. The Morgan fingerprint density at radius 3 is 2.56 bits per heavy atom. The van der Waals surface area contributed by atoms with Gasteiger partial charge in [0.25, 0.3) is 0 Å². The smallest absolute Gasteiger partial charge is 0.171 e. The summed E-state index contributed by atoms with van der Waals surface area (Å²) in [6.07, 6.45) is -0.225. The molecule has 2 nitrogen and oxygen atoms in total. The number of alkyl halides is 1. The molecule has 0 amide bonds. The lowest BCUT2D eigenvalue weighted by Gasteiger charge is -2.22. The summed E-state index contributed by atoms with van der Waals surface area (Å²) in [4.78, 5) is 0. The summed E-state index contributed by atoms with van der Waals surface area (Å²) in [5, 5.41) is 0. The van der Waals surface area contributed by atoms with Crippen molar-refractivity contribution in [2.24, 2.45) is 0 Å². The maximum absolute atomic E-state index is 5.45. The van der Waals surface area contributed by atoms with E-state index in [0.29, 0.717) is 19.1 Å². The zero-order valence-electron chi connectivity index (χ0n) is 5.10. The van der Waals surface area contributed by atoms with Gasteiger partial charge in [0, 0.05) is 0 Å². The lowest BCUT2D eigenvalue weighted by Crippen LogP contribution is -2.27. The van der Waals surface area contributed by atoms with E-state index in [9.17, 15) is 0 Å². The van der Waals surface area contributed by atoms with Gasteiger partial charge in [-0.05, 0) is 5.57 Å². The Hall–Kier alpha value is -0.0500. The number of hydrogen-bond donors (Lipinski definition) is 0. The molecule has 0 aromatic carbocycles. The van der Waals surface area contributed by atoms with Crippen molar-refractivity contribution >= 4 is 11.6 Å². The molecule has 0 aromatic heterocycles. The molecule has 0 aromatic rings. The van der Waals surface area contributed by atoms with Gasteiger partial charge < -0.3 is 9.47 Å². The Morgan fingerprint density at radius 2 is 2.11 bits per heavy atom. The summed E-state index contributed by atoms with van der Waals surface area (Å²) >= 11 is 5.45. The fourth-order valence-electron chi connectivity index (χ4n) is 0.600. The van der Waals surface area contributed by atoms with Crippen LogP contribution in [0.15, 0.2) is 12.2 Å². The maximum Gasteiger partial charge on any atom is 0.171 e. The summed E-state index contributed by atoms with van der Waals surface area (Å²) in [7, 11) is 0. The second-order valence-corrected chi connectivity index (χ2v) is 2.26. The molecule has 0 unspecified atom stereocenters. The molecule has 1 rings (SSSR count). The standard InChI is InChI=1S/C6H9ClO2/c1-5-3-8-6(2-7)9-4-5/h6H,1-4H2. The normalized spacial score (nSPS) is 22.6. The first kappa shape index (κ1) is 7.06. The van der Waals surface area contributed by atoms with Crippen LogP contribution in [-0.2, 0) is 9.47 Å². The summed E-state index contributed by atoms with van der Waals surface area (Å²) in [6, 6.07) is 0. The first-order valence-corrected chi connectivity index (χ1v) is 3.32. The van der Waals surface area contributed by atoms with Crippen LogP contribution in [0.2, 0.25) is 0 Å². The van der Waals surface area contributed by atoms with Crippen LogP contribution in [0.5, 0.6) is 0 Å². The molecule has 3 heteroatoms. The summed E-state index contributed by atoms with van der Waals surface area (Å²) in [5.74, 6) is 0.396. The highest BCUT2D eigenvalue weighted by Crippen LogP contribution is 2.08. The van der Waals surface area contributed by atoms with Crippen LogP contribution in [0.1, 0.15) is 0 Å². The van der Waals surface area contributed by atoms with E-state index in [2.05, 4.69) is 6.58 Å². The first-order valence-electron chi connectivity index (χ1n) is 2.78. The van der Waals surface area contributed by atoms with Crippen molar-refractivity contribution in [1.29, 1.82) is 0 Å². The van der Waals surface area contributed by atoms with Gasteiger partial charge in [-0.15, -0.1) is 11.6 Å². The van der Waals surface area contributed by atoms with Crippen LogP contribution in [-0.4, -0.2) is 25.4 Å². The molecular weight excluding hydrogens is 140 g/mol. The second-order valence-electron chi connectivity index (χ2n) is 1.96. The summed E-state index contributed by atoms with van der Waals surface area (Å²) in [5.41, 5.74) is 0.969. The van der Waals surface area contributed by atoms with Crippen LogP contribution in [0.3, 0.4) is 0 Å². The third-order valence-corrected chi connectivity index (χ3v) is 1.32. The maximum atomic E-state index is 5.45. The topological polar surface area (TPSA) is 18.5 Å². The van der Waals surface area contributed by atoms with Crippen molar-refractivity contribution in [3.8, 4) is 0 Å². The number of rotatable bonds is 1. The van der Waals surface area contributed by atoms with E-state index in [1.165, 1.54) is 0 Å². The van der Waals surface area contributed by atoms with Crippen molar-refractivity contribution in [1.82, 2.24) is 0 Å². The molecule has 0 atom stereocenters. The predicted molar refractivity (Wildman–Crippen MR) is 35.6 cm³/mol. The third kappa shape index (κ3) is 1.97.